The molecule has 2 aromatic rings. The highest BCUT2D eigenvalue weighted by molar-refractivity contribution is 5.73. The van der Waals surface area contributed by atoms with Gasteiger partial charge in [-0.05, 0) is 23.8 Å². The van der Waals surface area contributed by atoms with Gasteiger partial charge in [0.15, 0.2) is 0 Å². The summed E-state index contributed by atoms with van der Waals surface area (Å²) in [5.74, 6) is 0. The molecule has 0 amide bonds. The number of benzene rings is 1. The van der Waals surface area contributed by atoms with E-state index >= 15 is 0 Å². The molecule has 1 heterocycles. The molecule has 0 radical (unpaired) electrons. The summed E-state index contributed by atoms with van der Waals surface area (Å²) in [7, 11) is 0. The van der Waals surface area contributed by atoms with Gasteiger partial charge >= 0.3 is 0 Å². The maximum absolute atomic E-state index is 5.77. The lowest BCUT2D eigenvalue weighted by Gasteiger charge is -1.97. The normalized spacial score (nSPS) is 10.7. The molecule has 0 saturated heterocycles. The predicted molar refractivity (Wildman–Crippen MR) is 64.0 cm³/mol. The Bertz CT molecular complexity index is 461. The van der Waals surface area contributed by atoms with Crippen molar-refractivity contribution in [2.75, 3.05) is 5.73 Å². The first-order valence-corrected chi connectivity index (χ1v) is 4.80. The highest BCUT2D eigenvalue weighted by Gasteiger charge is 1.92. The van der Waals surface area contributed by atoms with E-state index in [9.17, 15) is 0 Å². The molecule has 1 aromatic carbocycles. The Labute approximate surface area is 89.1 Å². The van der Waals surface area contributed by atoms with E-state index in [-0.39, 0.29) is 0 Å². The maximum Gasteiger partial charge on any atom is 0.0859 e. The van der Waals surface area contributed by atoms with E-state index in [1.54, 1.807) is 6.20 Å². The van der Waals surface area contributed by atoms with Gasteiger partial charge in [0.25, 0.3) is 0 Å². The number of anilines is 1. The lowest BCUT2D eigenvalue weighted by Crippen LogP contribution is -1.90. The number of nitrogens with two attached hydrogens (primary N) is 1. The highest BCUT2D eigenvalue weighted by Crippen LogP contribution is 2.11. The second kappa shape index (κ2) is 4.42. The maximum atomic E-state index is 5.77. The summed E-state index contributed by atoms with van der Waals surface area (Å²) in [6.07, 6.45) is 5.66. The molecule has 74 valence electrons. The third-order valence-corrected chi connectivity index (χ3v) is 2.10. The van der Waals surface area contributed by atoms with E-state index in [2.05, 4.69) is 4.98 Å². The van der Waals surface area contributed by atoms with Crippen molar-refractivity contribution in [1.29, 1.82) is 0 Å². The third kappa shape index (κ3) is 2.44. The van der Waals surface area contributed by atoms with Crippen LogP contribution in [0, 0.1) is 0 Å². The van der Waals surface area contributed by atoms with Crippen molar-refractivity contribution < 1.29 is 0 Å². The molecule has 2 rings (SSSR count). The largest absolute Gasteiger partial charge is 0.397 e. The van der Waals surface area contributed by atoms with Crippen molar-refractivity contribution in [2.24, 2.45) is 0 Å². The average molecular weight is 196 g/mol. The molecule has 0 bridgehead atoms. The lowest BCUT2D eigenvalue weighted by molar-refractivity contribution is 1.30. The minimum Gasteiger partial charge on any atom is -0.397 e. The van der Waals surface area contributed by atoms with Gasteiger partial charge in [0.1, 0.15) is 0 Å². The summed E-state index contributed by atoms with van der Waals surface area (Å²) < 4.78 is 0. The van der Waals surface area contributed by atoms with Crippen LogP contribution >= 0.6 is 0 Å². The van der Waals surface area contributed by atoms with Crippen molar-refractivity contribution in [1.82, 2.24) is 4.98 Å². The van der Waals surface area contributed by atoms with E-state index in [0.717, 1.165) is 11.3 Å². The molecular weight excluding hydrogens is 184 g/mol. The standard InChI is InChI=1S/C13H12N2/c14-12-7-4-10-15-13(12)9-8-11-5-2-1-3-6-11/h1-10H,14H2. The Morgan fingerprint density at radius 1 is 0.933 bits per heavy atom. The fourth-order valence-electron chi connectivity index (χ4n) is 1.31. The minimum atomic E-state index is 0.699. The summed E-state index contributed by atoms with van der Waals surface area (Å²) in [6, 6.07) is 13.7. The second-order valence-electron chi connectivity index (χ2n) is 3.22. The summed E-state index contributed by atoms with van der Waals surface area (Å²) >= 11 is 0. The van der Waals surface area contributed by atoms with Crippen LogP contribution in [0.2, 0.25) is 0 Å². The summed E-state index contributed by atoms with van der Waals surface area (Å²) in [6.45, 7) is 0. The van der Waals surface area contributed by atoms with Crippen molar-refractivity contribution in [2.45, 2.75) is 0 Å². The zero-order chi connectivity index (χ0) is 10.5. The molecule has 0 atom stereocenters. The van der Waals surface area contributed by atoms with Crippen LogP contribution in [-0.4, -0.2) is 4.98 Å². The first-order chi connectivity index (χ1) is 7.36. The molecule has 0 fully saturated rings. The molecule has 0 spiro atoms. The van der Waals surface area contributed by atoms with Crippen molar-refractivity contribution in [3.05, 3.63) is 59.9 Å². The predicted octanol–water partition coefficient (Wildman–Crippen LogP) is 2.83. The topological polar surface area (TPSA) is 38.9 Å². The van der Waals surface area contributed by atoms with Gasteiger partial charge in [0.05, 0.1) is 11.4 Å². The van der Waals surface area contributed by atoms with E-state index in [1.165, 1.54) is 0 Å². The Balaban J connectivity index is 2.23. The van der Waals surface area contributed by atoms with Crippen LogP contribution in [-0.2, 0) is 0 Å². The van der Waals surface area contributed by atoms with Crippen LogP contribution in [0.5, 0.6) is 0 Å². The van der Waals surface area contributed by atoms with Crippen LogP contribution in [0.25, 0.3) is 12.2 Å². The molecular formula is C13H12N2. The van der Waals surface area contributed by atoms with Crippen LogP contribution in [0.4, 0.5) is 5.69 Å². The molecule has 15 heavy (non-hydrogen) atoms. The first kappa shape index (κ1) is 9.46. The summed E-state index contributed by atoms with van der Waals surface area (Å²) in [5, 5.41) is 0. The van der Waals surface area contributed by atoms with Gasteiger partial charge in [-0.25, -0.2) is 0 Å². The summed E-state index contributed by atoms with van der Waals surface area (Å²) in [5.41, 5.74) is 8.42. The summed E-state index contributed by atoms with van der Waals surface area (Å²) in [4.78, 5) is 4.18. The zero-order valence-corrected chi connectivity index (χ0v) is 8.30. The molecule has 2 heteroatoms. The molecule has 2 N–H and O–H groups in total. The average Bonchev–Trinajstić information content (AvgIpc) is 2.29. The van der Waals surface area contributed by atoms with Crippen LogP contribution < -0.4 is 5.73 Å². The monoisotopic (exact) mass is 196 g/mol. The van der Waals surface area contributed by atoms with Gasteiger partial charge in [0, 0.05) is 6.20 Å². The van der Waals surface area contributed by atoms with Gasteiger partial charge in [-0.1, -0.05) is 36.4 Å². The van der Waals surface area contributed by atoms with Crippen LogP contribution in [0.15, 0.2) is 48.7 Å². The van der Waals surface area contributed by atoms with Gasteiger partial charge in [-0.3, -0.25) is 4.98 Å². The quantitative estimate of drug-likeness (QED) is 0.802. The number of aromatic nitrogens is 1. The number of hydrogen-bond donors (Lipinski definition) is 1. The van der Waals surface area contributed by atoms with E-state index in [0.29, 0.717) is 5.69 Å². The van der Waals surface area contributed by atoms with Gasteiger partial charge in [-0.2, -0.15) is 0 Å². The van der Waals surface area contributed by atoms with Crippen LogP contribution in [0.1, 0.15) is 11.3 Å². The second-order valence-corrected chi connectivity index (χ2v) is 3.22. The smallest absolute Gasteiger partial charge is 0.0859 e. The molecule has 2 nitrogen and oxygen atoms in total. The number of nitrogens with zero attached hydrogens (tertiary/aromatic N) is 1. The van der Waals surface area contributed by atoms with Crippen LogP contribution in [0.3, 0.4) is 0 Å². The minimum absolute atomic E-state index is 0.699. The Hall–Kier alpha value is -2.09. The SMILES string of the molecule is Nc1cccnc1C=Cc1ccccc1. The fraction of sp³-hybridized carbons (Fsp3) is 0. The zero-order valence-electron chi connectivity index (χ0n) is 8.30. The molecule has 0 unspecified atom stereocenters. The van der Waals surface area contributed by atoms with Gasteiger partial charge in [0.2, 0.25) is 0 Å². The molecule has 1 aromatic heterocycles. The van der Waals surface area contributed by atoms with E-state index < -0.39 is 0 Å². The molecule has 0 aliphatic heterocycles. The molecule has 0 saturated carbocycles. The van der Waals surface area contributed by atoms with Crippen molar-refractivity contribution in [3.8, 4) is 0 Å². The number of pyridine rings is 1. The van der Waals surface area contributed by atoms with E-state index in [1.807, 2.05) is 54.6 Å². The van der Waals surface area contributed by atoms with E-state index in [4.69, 9.17) is 5.73 Å². The number of rotatable bonds is 2. The van der Waals surface area contributed by atoms with Gasteiger partial charge in [-0.15, -0.1) is 0 Å². The van der Waals surface area contributed by atoms with Crippen molar-refractivity contribution >= 4 is 17.8 Å². The Morgan fingerprint density at radius 3 is 2.47 bits per heavy atom. The Morgan fingerprint density at radius 2 is 1.73 bits per heavy atom. The number of nitrogen functional groups attached to an aromatic ring is 1. The van der Waals surface area contributed by atoms with Crippen molar-refractivity contribution in [3.63, 3.8) is 0 Å². The third-order valence-electron chi connectivity index (χ3n) is 2.10. The highest BCUT2D eigenvalue weighted by atomic mass is 14.7. The lowest BCUT2D eigenvalue weighted by atomic mass is 10.2. The molecule has 0 aliphatic carbocycles. The first-order valence-electron chi connectivity index (χ1n) is 4.80. The fourth-order valence-corrected chi connectivity index (χ4v) is 1.31. The molecule has 0 aliphatic rings. The number of hydrogen-bond acceptors (Lipinski definition) is 2. The van der Waals surface area contributed by atoms with Gasteiger partial charge < -0.3 is 5.73 Å². The Kier molecular flexibility index (Phi) is 2.79.